The van der Waals surface area contributed by atoms with Crippen LogP contribution in [0, 0.1) is 24.1 Å². The third-order valence-electron chi connectivity index (χ3n) is 6.51. The van der Waals surface area contributed by atoms with Gasteiger partial charge in [0.25, 0.3) is 0 Å². The Labute approximate surface area is 235 Å². The molecule has 1 unspecified atom stereocenters. The van der Waals surface area contributed by atoms with Crippen LogP contribution in [0.25, 0.3) is 11.1 Å². The molecule has 0 radical (unpaired) electrons. The van der Waals surface area contributed by atoms with E-state index in [9.17, 15) is 10.1 Å². The number of amides is 1. The number of rotatable bonds is 8. The number of hydrogen-bond acceptors (Lipinski definition) is 10. The molecule has 208 valence electrons. The lowest BCUT2D eigenvalue weighted by atomic mass is 10.0. The summed E-state index contributed by atoms with van der Waals surface area (Å²) in [5.41, 5.74) is 2.47. The molecule has 1 aliphatic heterocycles. The fourth-order valence-corrected chi connectivity index (χ4v) is 4.55. The van der Waals surface area contributed by atoms with Gasteiger partial charge in [0.1, 0.15) is 5.82 Å². The van der Waals surface area contributed by atoms with Gasteiger partial charge in [0.05, 0.1) is 30.4 Å². The summed E-state index contributed by atoms with van der Waals surface area (Å²) < 4.78 is 22.5. The average Bonchev–Trinajstić information content (AvgIpc) is 3.38. The smallest absolute Gasteiger partial charge is 0.322 e. The lowest BCUT2D eigenvalue weighted by molar-refractivity contribution is -0.128. The summed E-state index contributed by atoms with van der Waals surface area (Å²) in [4.78, 5) is 33.5. The molecule has 41 heavy (non-hydrogen) atoms. The topological polar surface area (TPSA) is 138 Å². The number of aromatic nitrogens is 6. The van der Waals surface area contributed by atoms with Crippen LogP contribution < -0.4 is 15.0 Å². The van der Waals surface area contributed by atoms with Gasteiger partial charge in [-0.25, -0.2) is 19.3 Å². The van der Waals surface area contributed by atoms with Crippen LogP contribution in [0.1, 0.15) is 12.1 Å². The first-order chi connectivity index (χ1) is 19.8. The van der Waals surface area contributed by atoms with Crippen LogP contribution in [-0.2, 0) is 11.8 Å². The molecule has 0 aliphatic carbocycles. The Bertz CT molecular complexity index is 1630. The maximum atomic E-state index is 15.3. The van der Waals surface area contributed by atoms with E-state index in [0.29, 0.717) is 53.9 Å². The molecule has 4 heterocycles. The van der Waals surface area contributed by atoms with Crippen LogP contribution in [0.3, 0.4) is 0 Å². The number of hydrogen-bond donors (Lipinski definition) is 1. The van der Waals surface area contributed by atoms with Crippen LogP contribution >= 0.6 is 0 Å². The third-order valence-corrected chi connectivity index (χ3v) is 6.51. The normalized spacial score (nSPS) is 14.8. The molecule has 1 aromatic carbocycles. The molecular formula is C28H27FN10O2. The number of carbonyl (C=O) groups is 1. The van der Waals surface area contributed by atoms with Crippen molar-refractivity contribution in [3.63, 3.8) is 0 Å². The van der Waals surface area contributed by atoms with Gasteiger partial charge in [-0.1, -0.05) is 12.6 Å². The van der Waals surface area contributed by atoms with E-state index in [1.807, 2.05) is 4.90 Å². The van der Waals surface area contributed by atoms with E-state index >= 15 is 4.39 Å². The first-order valence-electron chi connectivity index (χ1n) is 12.8. The van der Waals surface area contributed by atoms with Crippen LogP contribution in [0.2, 0.25) is 0 Å². The lowest BCUT2D eigenvalue weighted by Gasteiger charge is -2.41. The SMILES string of the molecule is C=CC(=O)N1CCN(c2nc(Nc3cnn(C)c3)ncc2-c2ccc(Oc3nccc(C)n3)c(F)c2)CC1CC#N. The number of anilines is 3. The van der Waals surface area contributed by atoms with Crippen LogP contribution in [0.15, 0.2) is 61.7 Å². The number of benzene rings is 1. The number of piperazine rings is 1. The van der Waals surface area contributed by atoms with E-state index in [0.717, 1.165) is 0 Å². The molecule has 0 bridgehead atoms. The fraction of sp³-hybridized carbons (Fsp3) is 0.250. The van der Waals surface area contributed by atoms with Gasteiger partial charge in [-0.2, -0.15) is 15.3 Å². The molecular weight excluding hydrogens is 527 g/mol. The van der Waals surface area contributed by atoms with Gasteiger partial charge in [0, 0.05) is 56.5 Å². The lowest BCUT2D eigenvalue weighted by Crippen LogP contribution is -2.55. The van der Waals surface area contributed by atoms with Crippen LogP contribution in [0.4, 0.5) is 21.8 Å². The predicted octanol–water partition coefficient (Wildman–Crippen LogP) is 3.77. The van der Waals surface area contributed by atoms with Crippen molar-refractivity contribution < 1.29 is 13.9 Å². The molecule has 4 aromatic rings. The zero-order chi connectivity index (χ0) is 28.9. The predicted molar refractivity (Wildman–Crippen MR) is 149 cm³/mol. The second-order valence-electron chi connectivity index (χ2n) is 9.38. The van der Waals surface area contributed by atoms with Crippen LogP contribution in [-0.4, -0.2) is 66.2 Å². The zero-order valence-electron chi connectivity index (χ0n) is 22.5. The highest BCUT2D eigenvalue weighted by atomic mass is 19.1. The minimum Gasteiger partial charge on any atom is -0.421 e. The Morgan fingerprint density at radius 3 is 2.83 bits per heavy atom. The second-order valence-corrected chi connectivity index (χ2v) is 9.38. The highest BCUT2D eigenvalue weighted by molar-refractivity contribution is 5.87. The number of nitrogens with zero attached hydrogens (tertiary/aromatic N) is 9. The number of aryl methyl sites for hydroxylation is 2. The molecule has 3 aromatic heterocycles. The number of nitriles is 1. The Morgan fingerprint density at radius 1 is 1.27 bits per heavy atom. The number of nitrogens with one attached hydrogen (secondary N) is 1. The molecule has 1 aliphatic rings. The summed E-state index contributed by atoms with van der Waals surface area (Å²) in [5.74, 6) is -0.0329. The van der Waals surface area contributed by atoms with E-state index < -0.39 is 5.82 Å². The molecule has 1 saturated heterocycles. The van der Waals surface area contributed by atoms with Gasteiger partial charge in [-0.05, 0) is 36.8 Å². The Balaban J connectivity index is 1.50. The second kappa shape index (κ2) is 11.8. The standard InChI is InChI=1S/C28H27FN10O2/c1-4-25(40)39-12-11-38(17-21(39)7-9-30)26-22(15-32-27(36-26)35-20-14-33-37(3)16-20)19-5-6-24(23(29)13-19)41-28-31-10-8-18(2)34-28/h4-6,8,10,13-16,21H,1,7,11-12,17H2,2-3H3,(H,32,35,36). The molecule has 1 atom stereocenters. The summed E-state index contributed by atoms with van der Waals surface area (Å²) in [6.07, 6.45) is 7.97. The van der Waals surface area contributed by atoms with Crippen molar-refractivity contribution in [1.82, 2.24) is 34.6 Å². The van der Waals surface area contributed by atoms with Gasteiger partial charge >= 0.3 is 6.01 Å². The molecule has 1 amide bonds. The first-order valence-corrected chi connectivity index (χ1v) is 12.8. The third kappa shape index (κ3) is 6.11. The van der Waals surface area contributed by atoms with Crippen LogP contribution in [0.5, 0.6) is 11.8 Å². The number of ether oxygens (including phenoxy) is 1. The Hall–Kier alpha value is -5.38. The molecule has 1 fully saturated rings. The average molecular weight is 555 g/mol. The molecule has 12 nitrogen and oxygen atoms in total. The van der Waals surface area contributed by atoms with Crippen molar-refractivity contribution in [1.29, 1.82) is 5.26 Å². The van der Waals surface area contributed by atoms with Crippen molar-refractivity contribution >= 4 is 23.4 Å². The Kier molecular flexibility index (Phi) is 7.82. The van der Waals surface area contributed by atoms with E-state index in [4.69, 9.17) is 9.72 Å². The maximum Gasteiger partial charge on any atom is 0.322 e. The fourth-order valence-electron chi connectivity index (χ4n) is 4.55. The maximum absolute atomic E-state index is 15.3. The summed E-state index contributed by atoms with van der Waals surface area (Å²) in [6, 6.07) is 8.09. The summed E-state index contributed by atoms with van der Waals surface area (Å²) in [7, 11) is 1.80. The molecule has 0 saturated carbocycles. The summed E-state index contributed by atoms with van der Waals surface area (Å²) in [5, 5.41) is 16.7. The molecule has 5 rings (SSSR count). The summed E-state index contributed by atoms with van der Waals surface area (Å²) in [6.45, 7) is 6.52. The molecule has 0 spiro atoms. The zero-order valence-corrected chi connectivity index (χ0v) is 22.5. The van der Waals surface area contributed by atoms with E-state index in [-0.39, 0.29) is 30.1 Å². The van der Waals surface area contributed by atoms with Gasteiger partial charge < -0.3 is 19.9 Å². The number of carbonyl (C=O) groups excluding carboxylic acids is 1. The van der Waals surface area contributed by atoms with E-state index in [1.54, 1.807) is 54.3 Å². The van der Waals surface area contributed by atoms with Gasteiger partial charge in [0.2, 0.25) is 11.9 Å². The van der Waals surface area contributed by atoms with E-state index in [1.165, 1.54) is 24.4 Å². The molecule has 1 N–H and O–H groups in total. The van der Waals surface area contributed by atoms with Crippen molar-refractivity contribution in [3.05, 3.63) is 73.2 Å². The van der Waals surface area contributed by atoms with Gasteiger partial charge in [0.15, 0.2) is 11.6 Å². The molecule has 13 heteroatoms. The highest BCUT2D eigenvalue weighted by Gasteiger charge is 2.31. The Morgan fingerprint density at radius 2 is 2.12 bits per heavy atom. The largest absolute Gasteiger partial charge is 0.421 e. The minimum absolute atomic E-state index is 0.0256. The van der Waals surface area contributed by atoms with E-state index in [2.05, 4.69) is 38.0 Å². The quantitative estimate of drug-likeness (QED) is 0.320. The summed E-state index contributed by atoms with van der Waals surface area (Å²) >= 11 is 0. The monoisotopic (exact) mass is 554 g/mol. The van der Waals surface area contributed by atoms with Crippen molar-refractivity contribution in [2.24, 2.45) is 7.05 Å². The van der Waals surface area contributed by atoms with Gasteiger partial charge in [-0.15, -0.1) is 0 Å². The minimum atomic E-state index is -0.611. The van der Waals surface area contributed by atoms with Crippen molar-refractivity contribution in [2.75, 3.05) is 29.9 Å². The number of halogens is 1. The first kappa shape index (κ1) is 27.2. The highest BCUT2D eigenvalue weighted by Crippen LogP contribution is 2.34. The van der Waals surface area contributed by atoms with Crippen molar-refractivity contribution in [3.8, 4) is 29.0 Å². The van der Waals surface area contributed by atoms with Gasteiger partial charge in [-0.3, -0.25) is 9.48 Å². The van der Waals surface area contributed by atoms with Crippen molar-refractivity contribution in [2.45, 2.75) is 19.4 Å².